The monoisotopic (exact) mass is 410 g/mol. The van der Waals surface area contributed by atoms with Crippen molar-refractivity contribution in [1.29, 1.82) is 0 Å². The van der Waals surface area contributed by atoms with Crippen LogP contribution in [0.3, 0.4) is 0 Å². The molecular weight excluding hydrogens is 391 g/mol. The van der Waals surface area contributed by atoms with Gasteiger partial charge in [-0.15, -0.1) is 24.0 Å². The smallest absolute Gasteiger partial charge is 0.195 e. The van der Waals surface area contributed by atoms with Gasteiger partial charge in [0.15, 0.2) is 5.96 Å². The summed E-state index contributed by atoms with van der Waals surface area (Å²) in [7, 11) is 0. The fraction of sp³-hybridized carbons (Fsp3) is 0.667. The van der Waals surface area contributed by atoms with E-state index in [0.29, 0.717) is 19.8 Å². The molecule has 2 unspecified atom stereocenters. The van der Waals surface area contributed by atoms with Gasteiger partial charge in [0.1, 0.15) is 5.54 Å². The standard InChI is InChI=1S/C12H18N4O2S.HI/c1-9(10-2-3-14-19-10)15-11-13-6-12(7-17)8-18-5-4-16(11)12;/h2-3,9,17H,4-8H2,1H3,(H,13,15);1H. The summed E-state index contributed by atoms with van der Waals surface area (Å²) in [6, 6.07) is 2.18. The lowest BCUT2D eigenvalue weighted by molar-refractivity contribution is -0.0468. The van der Waals surface area contributed by atoms with Crippen molar-refractivity contribution in [1.82, 2.24) is 14.6 Å². The molecular formula is C12H19IN4O2S. The van der Waals surface area contributed by atoms with Crippen LogP contribution in [0.2, 0.25) is 0 Å². The number of aromatic nitrogens is 1. The number of nitrogens with zero attached hydrogens (tertiary/aromatic N) is 3. The lowest BCUT2D eigenvalue weighted by Gasteiger charge is -2.42. The zero-order chi connectivity index (χ0) is 13.3. The fourth-order valence-electron chi connectivity index (χ4n) is 2.52. The van der Waals surface area contributed by atoms with Crippen molar-refractivity contribution in [2.45, 2.75) is 18.5 Å². The lowest BCUT2D eigenvalue weighted by Crippen LogP contribution is -2.61. The third-order valence-electron chi connectivity index (χ3n) is 3.71. The Hall–Kier alpha value is -0.450. The van der Waals surface area contributed by atoms with Crippen molar-refractivity contribution in [3.8, 4) is 0 Å². The fourth-order valence-corrected chi connectivity index (χ4v) is 3.10. The SMILES string of the molecule is CC(NC1=NCC2(CO)COCCN12)c1ccns1.I. The molecule has 1 aromatic heterocycles. The number of aliphatic imine (C=N–C) groups is 1. The van der Waals surface area contributed by atoms with Gasteiger partial charge < -0.3 is 20.1 Å². The maximum absolute atomic E-state index is 9.66. The Morgan fingerprint density at radius 2 is 2.50 bits per heavy atom. The van der Waals surface area contributed by atoms with Gasteiger partial charge in [0, 0.05) is 17.6 Å². The number of rotatable bonds is 3. The van der Waals surface area contributed by atoms with Crippen molar-refractivity contribution in [3.63, 3.8) is 0 Å². The van der Waals surface area contributed by atoms with Gasteiger partial charge in [0.2, 0.25) is 0 Å². The minimum Gasteiger partial charge on any atom is -0.394 e. The van der Waals surface area contributed by atoms with E-state index < -0.39 is 0 Å². The highest BCUT2D eigenvalue weighted by Crippen LogP contribution is 2.27. The van der Waals surface area contributed by atoms with Gasteiger partial charge in [-0.25, -0.2) is 4.37 Å². The Morgan fingerprint density at radius 3 is 3.20 bits per heavy atom. The van der Waals surface area contributed by atoms with E-state index in [0.717, 1.165) is 12.5 Å². The second-order valence-corrected chi connectivity index (χ2v) is 5.87. The molecule has 0 spiro atoms. The van der Waals surface area contributed by atoms with Crippen LogP contribution in [-0.2, 0) is 4.74 Å². The molecule has 3 rings (SSSR count). The van der Waals surface area contributed by atoms with Gasteiger partial charge in [0.05, 0.1) is 32.4 Å². The van der Waals surface area contributed by atoms with E-state index >= 15 is 0 Å². The molecule has 8 heteroatoms. The zero-order valence-corrected chi connectivity index (χ0v) is 14.4. The van der Waals surface area contributed by atoms with Crippen molar-refractivity contribution in [3.05, 3.63) is 17.1 Å². The highest BCUT2D eigenvalue weighted by molar-refractivity contribution is 14.0. The first-order chi connectivity index (χ1) is 9.25. The van der Waals surface area contributed by atoms with Crippen molar-refractivity contribution < 1.29 is 9.84 Å². The molecule has 1 aromatic rings. The molecule has 0 saturated carbocycles. The molecule has 0 bridgehead atoms. The lowest BCUT2D eigenvalue weighted by atomic mass is 10.00. The van der Waals surface area contributed by atoms with Gasteiger partial charge in [0.25, 0.3) is 0 Å². The second kappa shape index (κ2) is 6.54. The quantitative estimate of drug-likeness (QED) is 0.724. The van der Waals surface area contributed by atoms with Crippen LogP contribution < -0.4 is 5.32 Å². The Kier molecular flexibility index (Phi) is 5.21. The van der Waals surface area contributed by atoms with Crippen molar-refractivity contribution in [2.75, 3.05) is 32.9 Å². The number of aliphatic hydroxyl groups excluding tert-OH is 1. The predicted molar refractivity (Wildman–Crippen MR) is 88.7 cm³/mol. The number of hydrogen-bond acceptors (Lipinski definition) is 7. The number of halogens is 1. The number of aliphatic hydroxyl groups is 1. The normalized spacial score (nSPS) is 26.5. The minimum absolute atomic E-state index is 0. The summed E-state index contributed by atoms with van der Waals surface area (Å²) < 4.78 is 9.61. The number of fused-ring (bicyclic) bond motifs is 1. The van der Waals surface area contributed by atoms with Gasteiger partial charge in [-0.1, -0.05) is 0 Å². The minimum atomic E-state index is -0.367. The summed E-state index contributed by atoms with van der Waals surface area (Å²) >= 11 is 1.49. The van der Waals surface area contributed by atoms with E-state index in [1.165, 1.54) is 16.4 Å². The van der Waals surface area contributed by atoms with E-state index in [9.17, 15) is 5.11 Å². The predicted octanol–water partition coefficient (Wildman–Crippen LogP) is 0.845. The molecule has 2 N–H and O–H groups in total. The van der Waals surface area contributed by atoms with Gasteiger partial charge in [-0.3, -0.25) is 4.99 Å². The molecule has 20 heavy (non-hydrogen) atoms. The Bertz CT molecular complexity index is 470. The molecule has 2 atom stereocenters. The highest BCUT2D eigenvalue weighted by Gasteiger charge is 2.45. The molecule has 0 aliphatic carbocycles. The zero-order valence-electron chi connectivity index (χ0n) is 11.3. The molecule has 0 amide bonds. The summed E-state index contributed by atoms with van der Waals surface area (Å²) in [6.07, 6.45) is 1.81. The molecule has 0 aromatic carbocycles. The Morgan fingerprint density at radius 1 is 1.65 bits per heavy atom. The first-order valence-corrected chi connectivity index (χ1v) is 7.20. The number of morpholine rings is 1. The molecule has 0 radical (unpaired) electrons. The van der Waals surface area contributed by atoms with Crippen molar-refractivity contribution in [2.24, 2.45) is 4.99 Å². The topological polar surface area (TPSA) is 70.0 Å². The van der Waals surface area contributed by atoms with Crippen LogP contribution in [0.4, 0.5) is 0 Å². The van der Waals surface area contributed by atoms with Crippen LogP contribution >= 0.6 is 35.5 Å². The van der Waals surface area contributed by atoms with Gasteiger partial charge in [-0.2, -0.15) is 0 Å². The summed E-state index contributed by atoms with van der Waals surface area (Å²) in [4.78, 5) is 7.87. The van der Waals surface area contributed by atoms with Crippen LogP contribution in [0.25, 0.3) is 0 Å². The molecule has 2 aliphatic heterocycles. The third kappa shape index (κ3) is 2.78. The number of nitrogens with one attached hydrogen (secondary N) is 1. The molecule has 1 saturated heterocycles. The van der Waals surface area contributed by atoms with Gasteiger partial charge >= 0.3 is 0 Å². The largest absolute Gasteiger partial charge is 0.394 e. The van der Waals surface area contributed by atoms with Crippen LogP contribution in [0.15, 0.2) is 17.3 Å². The number of guanidine groups is 1. The summed E-state index contributed by atoms with van der Waals surface area (Å²) in [5.41, 5.74) is -0.367. The summed E-state index contributed by atoms with van der Waals surface area (Å²) in [6.45, 7) is 4.72. The van der Waals surface area contributed by atoms with E-state index in [4.69, 9.17) is 4.74 Å². The molecule has 112 valence electrons. The maximum Gasteiger partial charge on any atom is 0.195 e. The van der Waals surface area contributed by atoms with Gasteiger partial charge in [-0.05, 0) is 24.5 Å². The van der Waals surface area contributed by atoms with Crippen LogP contribution in [0.1, 0.15) is 17.8 Å². The number of ether oxygens (including phenoxy) is 1. The van der Waals surface area contributed by atoms with E-state index in [1.807, 2.05) is 6.07 Å². The Balaban J connectivity index is 0.00000147. The van der Waals surface area contributed by atoms with E-state index in [2.05, 4.69) is 26.5 Å². The van der Waals surface area contributed by atoms with Crippen LogP contribution in [0, 0.1) is 0 Å². The molecule has 1 fully saturated rings. The molecule has 3 heterocycles. The molecule has 2 aliphatic rings. The first kappa shape index (κ1) is 15.9. The summed E-state index contributed by atoms with van der Waals surface area (Å²) in [5.74, 6) is 0.859. The van der Waals surface area contributed by atoms with Crippen molar-refractivity contribution >= 4 is 41.5 Å². The van der Waals surface area contributed by atoms with E-state index in [1.54, 1.807) is 6.20 Å². The summed E-state index contributed by atoms with van der Waals surface area (Å²) in [5, 5.41) is 13.1. The highest BCUT2D eigenvalue weighted by atomic mass is 127. The Labute approximate surface area is 139 Å². The maximum atomic E-state index is 9.66. The second-order valence-electron chi connectivity index (χ2n) is 5.01. The average Bonchev–Trinajstić information content (AvgIpc) is 3.07. The van der Waals surface area contributed by atoms with E-state index in [-0.39, 0.29) is 42.2 Å². The molecule has 6 nitrogen and oxygen atoms in total. The van der Waals surface area contributed by atoms with Crippen LogP contribution in [0.5, 0.6) is 0 Å². The third-order valence-corrected chi connectivity index (χ3v) is 4.63. The first-order valence-electron chi connectivity index (χ1n) is 6.43. The number of hydrogen-bond donors (Lipinski definition) is 2. The van der Waals surface area contributed by atoms with Crippen LogP contribution in [-0.4, -0.2) is 58.8 Å². The average molecular weight is 410 g/mol.